The first-order valence-electron chi connectivity index (χ1n) is 3.46. The lowest BCUT2D eigenvalue weighted by atomic mass is 10.3. The van der Waals surface area contributed by atoms with Gasteiger partial charge in [0, 0.05) is 11.9 Å². The zero-order chi connectivity index (χ0) is 9.19. The molecule has 5 heteroatoms. The quantitative estimate of drug-likeness (QED) is 0.698. The van der Waals surface area contributed by atoms with Gasteiger partial charge in [-0.3, -0.25) is 9.54 Å². The van der Waals surface area contributed by atoms with E-state index in [1.54, 1.807) is 6.07 Å². The fraction of sp³-hybridized carbons (Fsp3) is 0.286. The van der Waals surface area contributed by atoms with Gasteiger partial charge in [-0.05, 0) is 18.6 Å². The maximum Gasteiger partial charge on any atom is 0.296 e. The van der Waals surface area contributed by atoms with Crippen LogP contribution < -0.4 is 0 Å². The predicted octanol–water partition coefficient (Wildman–Crippen LogP) is 0.891. The molecule has 0 radical (unpaired) electrons. The molecule has 0 fully saturated rings. The smallest absolute Gasteiger partial charge is 0.282 e. The van der Waals surface area contributed by atoms with Crippen LogP contribution in [-0.4, -0.2) is 18.0 Å². The van der Waals surface area contributed by atoms with Crippen LogP contribution in [0.15, 0.2) is 23.2 Å². The highest BCUT2D eigenvalue weighted by molar-refractivity contribution is 7.85. The fourth-order valence-corrected chi connectivity index (χ4v) is 1.20. The third kappa shape index (κ3) is 2.02. The first-order chi connectivity index (χ1) is 5.54. The zero-order valence-electron chi connectivity index (χ0n) is 6.56. The van der Waals surface area contributed by atoms with Crippen LogP contribution >= 0.6 is 0 Å². The van der Waals surface area contributed by atoms with Gasteiger partial charge in [0.1, 0.15) is 4.90 Å². The molecule has 1 aromatic rings. The van der Waals surface area contributed by atoms with E-state index in [4.69, 9.17) is 4.55 Å². The lowest BCUT2D eigenvalue weighted by Gasteiger charge is -1.97. The van der Waals surface area contributed by atoms with E-state index in [1.165, 1.54) is 6.07 Å². The summed E-state index contributed by atoms with van der Waals surface area (Å²) < 4.78 is 29.7. The molecule has 0 saturated heterocycles. The Hall–Kier alpha value is -0.940. The third-order valence-electron chi connectivity index (χ3n) is 1.46. The van der Waals surface area contributed by atoms with Crippen molar-refractivity contribution >= 4 is 10.1 Å². The number of aromatic nitrogens is 1. The summed E-state index contributed by atoms with van der Waals surface area (Å²) in [5, 5.41) is 0. The molecule has 1 rings (SSSR count). The Labute approximate surface area is 71.0 Å². The molecule has 0 aromatic carbocycles. The molecule has 1 aromatic heterocycles. The topological polar surface area (TPSA) is 67.3 Å². The Kier molecular flexibility index (Phi) is 2.44. The van der Waals surface area contributed by atoms with E-state index in [0.717, 1.165) is 18.3 Å². The van der Waals surface area contributed by atoms with E-state index in [0.29, 0.717) is 0 Å². The molecule has 0 aliphatic carbocycles. The molecule has 0 unspecified atom stereocenters. The van der Waals surface area contributed by atoms with Gasteiger partial charge in [0.25, 0.3) is 10.1 Å². The minimum atomic E-state index is -4.09. The molecule has 0 saturated carbocycles. The van der Waals surface area contributed by atoms with Crippen molar-refractivity contribution in [2.45, 2.75) is 18.2 Å². The van der Waals surface area contributed by atoms with E-state index >= 15 is 0 Å². The maximum atomic E-state index is 10.5. The number of nitrogens with zero attached hydrogens (tertiary/aromatic N) is 1. The SMILES string of the molecule is CCc1ccc(S(=O)(=O)O)cn1. The molecule has 66 valence electrons. The lowest BCUT2D eigenvalue weighted by Crippen LogP contribution is -1.99. The van der Waals surface area contributed by atoms with Crippen LogP contribution in [0.25, 0.3) is 0 Å². The van der Waals surface area contributed by atoms with Gasteiger partial charge in [0.15, 0.2) is 0 Å². The standard InChI is InChI=1S/C7H9NO3S/c1-2-6-3-4-7(5-8-6)12(9,10)11/h3-5H,2H2,1H3,(H,9,10,11). The van der Waals surface area contributed by atoms with E-state index in [-0.39, 0.29) is 4.90 Å². The van der Waals surface area contributed by atoms with Gasteiger partial charge in [-0.2, -0.15) is 8.42 Å². The van der Waals surface area contributed by atoms with E-state index in [9.17, 15) is 8.42 Å². The van der Waals surface area contributed by atoms with Crippen molar-refractivity contribution in [1.82, 2.24) is 4.98 Å². The van der Waals surface area contributed by atoms with Gasteiger partial charge in [0.2, 0.25) is 0 Å². The molecule has 0 aliphatic rings. The Balaban J connectivity index is 3.09. The molecular formula is C7H9NO3S. The van der Waals surface area contributed by atoms with Gasteiger partial charge in [0.05, 0.1) is 0 Å². The monoisotopic (exact) mass is 187 g/mol. The Morgan fingerprint density at radius 2 is 2.17 bits per heavy atom. The largest absolute Gasteiger partial charge is 0.296 e. The highest BCUT2D eigenvalue weighted by Gasteiger charge is 2.08. The molecule has 1 N–H and O–H groups in total. The van der Waals surface area contributed by atoms with Crippen LogP contribution in [0.2, 0.25) is 0 Å². The lowest BCUT2D eigenvalue weighted by molar-refractivity contribution is 0.482. The summed E-state index contributed by atoms with van der Waals surface area (Å²) in [7, 11) is -4.09. The van der Waals surface area contributed by atoms with E-state index in [1.807, 2.05) is 6.92 Å². The van der Waals surface area contributed by atoms with Crippen molar-refractivity contribution in [3.05, 3.63) is 24.0 Å². The van der Waals surface area contributed by atoms with Gasteiger partial charge in [-0.25, -0.2) is 0 Å². The average Bonchev–Trinajstić information content (AvgIpc) is 2.03. The first kappa shape index (κ1) is 9.15. The molecular weight excluding hydrogens is 178 g/mol. The van der Waals surface area contributed by atoms with Crippen molar-refractivity contribution in [2.24, 2.45) is 0 Å². The summed E-state index contributed by atoms with van der Waals surface area (Å²) in [6.07, 6.45) is 1.89. The molecule has 0 amide bonds. The molecule has 0 spiro atoms. The molecule has 12 heavy (non-hydrogen) atoms. The fourth-order valence-electron chi connectivity index (χ4n) is 0.773. The molecule has 0 bridgehead atoms. The summed E-state index contributed by atoms with van der Waals surface area (Å²) in [6.45, 7) is 1.91. The number of hydrogen-bond donors (Lipinski definition) is 1. The van der Waals surface area contributed by atoms with Crippen LogP contribution in [0.1, 0.15) is 12.6 Å². The number of rotatable bonds is 2. The first-order valence-corrected chi connectivity index (χ1v) is 4.90. The Morgan fingerprint density at radius 1 is 1.50 bits per heavy atom. The third-order valence-corrected chi connectivity index (χ3v) is 2.29. The summed E-state index contributed by atoms with van der Waals surface area (Å²) in [5.74, 6) is 0. The van der Waals surface area contributed by atoms with Crippen LogP contribution in [0.3, 0.4) is 0 Å². The van der Waals surface area contributed by atoms with Crippen LogP contribution in [0.4, 0.5) is 0 Å². The highest BCUT2D eigenvalue weighted by atomic mass is 32.2. The van der Waals surface area contributed by atoms with Crippen molar-refractivity contribution in [1.29, 1.82) is 0 Å². The number of pyridine rings is 1. The van der Waals surface area contributed by atoms with Crippen LogP contribution in [0.5, 0.6) is 0 Å². The van der Waals surface area contributed by atoms with Gasteiger partial charge in [-0.15, -0.1) is 0 Å². The van der Waals surface area contributed by atoms with Gasteiger partial charge in [-0.1, -0.05) is 6.92 Å². The minimum absolute atomic E-state index is 0.167. The maximum absolute atomic E-state index is 10.5. The van der Waals surface area contributed by atoms with Crippen molar-refractivity contribution in [3.63, 3.8) is 0 Å². The van der Waals surface area contributed by atoms with E-state index < -0.39 is 10.1 Å². The summed E-state index contributed by atoms with van der Waals surface area (Å²) >= 11 is 0. The van der Waals surface area contributed by atoms with Crippen molar-refractivity contribution in [2.75, 3.05) is 0 Å². The van der Waals surface area contributed by atoms with Crippen molar-refractivity contribution < 1.29 is 13.0 Å². The molecule has 0 atom stereocenters. The normalized spacial score (nSPS) is 11.5. The van der Waals surface area contributed by atoms with Crippen LogP contribution in [-0.2, 0) is 16.5 Å². The molecule has 0 aliphatic heterocycles. The predicted molar refractivity (Wildman–Crippen MR) is 43.4 cm³/mol. The highest BCUT2D eigenvalue weighted by Crippen LogP contribution is 2.06. The number of hydrogen-bond acceptors (Lipinski definition) is 3. The summed E-state index contributed by atoms with van der Waals surface area (Å²) in [6, 6.07) is 2.91. The molecule has 4 nitrogen and oxygen atoms in total. The number of aryl methyl sites for hydroxylation is 1. The average molecular weight is 187 g/mol. The minimum Gasteiger partial charge on any atom is -0.282 e. The van der Waals surface area contributed by atoms with Crippen LogP contribution in [0, 0.1) is 0 Å². The zero-order valence-corrected chi connectivity index (χ0v) is 7.37. The molecule has 1 heterocycles. The summed E-state index contributed by atoms with van der Waals surface area (Å²) in [4.78, 5) is 3.66. The second kappa shape index (κ2) is 3.20. The second-order valence-electron chi connectivity index (χ2n) is 2.31. The Morgan fingerprint density at radius 3 is 2.50 bits per heavy atom. The van der Waals surface area contributed by atoms with Crippen molar-refractivity contribution in [3.8, 4) is 0 Å². The van der Waals surface area contributed by atoms with Gasteiger partial charge < -0.3 is 0 Å². The summed E-state index contributed by atoms with van der Waals surface area (Å²) in [5.41, 5.74) is 0.794. The van der Waals surface area contributed by atoms with E-state index in [2.05, 4.69) is 4.98 Å². The van der Waals surface area contributed by atoms with Gasteiger partial charge >= 0.3 is 0 Å². The Bertz CT molecular complexity index is 355. The second-order valence-corrected chi connectivity index (χ2v) is 3.74.